The highest BCUT2D eigenvalue weighted by molar-refractivity contribution is 6.15. The normalized spacial score (nSPS) is 11.2. The highest BCUT2D eigenvalue weighted by atomic mass is 15.0. The lowest BCUT2D eigenvalue weighted by Crippen LogP contribution is -2.01. The molecule has 0 atom stereocenters. The molecule has 3 heterocycles. The van der Waals surface area contributed by atoms with Crippen molar-refractivity contribution >= 4 is 33.6 Å². The van der Waals surface area contributed by atoms with Crippen LogP contribution in [0, 0.1) is 0 Å². The van der Waals surface area contributed by atoms with Gasteiger partial charge in [0.05, 0.1) is 11.0 Å². The first-order chi connectivity index (χ1) is 10.2. The number of hydrogen-bond donors (Lipinski definition) is 3. The Hall–Kier alpha value is -3.15. The second kappa shape index (κ2) is 4.17. The average Bonchev–Trinajstić information content (AvgIpc) is 2.95. The number of pyridine rings is 1. The fourth-order valence-corrected chi connectivity index (χ4v) is 2.66. The molecule has 4 aromatic rings. The molecule has 0 aliphatic carbocycles. The summed E-state index contributed by atoms with van der Waals surface area (Å²) in [5, 5.41) is 1.80. The van der Waals surface area contributed by atoms with E-state index in [4.69, 9.17) is 11.5 Å². The summed E-state index contributed by atoms with van der Waals surface area (Å²) in [7, 11) is 0. The van der Waals surface area contributed by atoms with Gasteiger partial charge in [-0.1, -0.05) is 0 Å². The van der Waals surface area contributed by atoms with Crippen LogP contribution >= 0.6 is 0 Å². The molecule has 6 nitrogen and oxygen atoms in total. The quantitative estimate of drug-likeness (QED) is 0.494. The molecule has 0 spiro atoms. The Morgan fingerprint density at radius 2 is 1.81 bits per heavy atom. The van der Waals surface area contributed by atoms with E-state index in [0.717, 1.165) is 32.9 Å². The number of hydrogen-bond acceptors (Lipinski definition) is 5. The van der Waals surface area contributed by atoms with Gasteiger partial charge in [-0.25, -0.2) is 0 Å². The third-order valence-corrected chi connectivity index (χ3v) is 3.53. The second-order valence-electron chi connectivity index (χ2n) is 4.80. The van der Waals surface area contributed by atoms with Crippen molar-refractivity contribution in [3.63, 3.8) is 0 Å². The molecule has 0 fully saturated rings. The Morgan fingerprint density at radius 3 is 2.62 bits per heavy atom. The summed E-state index contributed by atoms with van der Waals surface area (Å²) in [6.07, 6.45) is 5.28. The summed E-state index contributed by atoms with van der Waals surface area (Å²) in [4.78, 5) is 15.7. The first-order valence-electron chi connectivity index (χ1n) is 6.47. The maximum atomic E-state index is 6.02. The molecule has 0 saturated heterocycles. The highest BCUT2D eigenvalue weighted by Crippen LogP contribution is 2.35. The molecule has 0 amide bonds. The molecule has 21 heavy (non-hydrogen) atoms. The number of nitrogens with one attached hydrogen (secondary N) is 1. The standard InChI is InChI=1S/C15H12N6/c16-14-12-9-3-6-19-13(9)10(8-1-4-18-5-2-8)7-11(12)20-15(17)21-14/h1-7H,16H2,(H3,17,20,21). The zero-order chi connectivity index (χ0) is 14.4. The molecule has 0 saturated carbocycles. The largest absolute Gasteiger partial charge is 0.383 e. The van der Waals surface area contributed by atoms with Crippen molar-refractivity contribution in [2.75, 3.05) is 11.5 Å². The van der Waals surface area contributed by atoms with Crippen LogP contribution in [0.2, 0.25) is 0 Å². The Balaban J connectivity index is 2.19. The molecule has 4 rings (SSSR count). The van der Waals surface area contributed by atoms with Crippen LogP contribution in [-0.2, 0) is 0 Å². The van der Waals surface area contributed by atoms with Crippen LogP contribution in [0.4, 0.5) is 11.8 Å². The smallest absolute Gasteiger partial charge is 0.199 e. The predicted molar refractivity (Wildman–Crippen MR) is 83.5 cm³/mol. The van der Waals surface area contributed by atoms with E-state index in [1.165, 1.54) is 0 Å². The zero-order valence-electron chi connectivity index (χ0n) is 11.0. The van der Waals surface area contributed by atoms with E-state index in [1.807, 2.05) is 24.3 Å². The number of benzene rings is 1. The van der Waals surface area contributed by atoms with Crippen molar-refractivity contribution < 1.29 is 0 Å². The molecule has 0 radical (unpaired) electrons. The van der Waals surface area contributed by atoms with E-state index in [-0.39, 0.29) is 0 Å². The van der Waals surface area contributed by atoms with E-state index in [0.29, 0.717) is 11.8 Å². The lowest BCUT2D eigenvalue weighted by atomic mass is 10.0. The summed E-state index contributed by atoms with van der Waals surface area (Å²) >= 11 is 0. The lowest BCUT2D eigenvalue weighted by molar-refractivity contribution is 1.25. The summed E-state index contributed by atoms with van der Waals surface area (Å²) in [6.45, 7) is 0. The number of aromatic nitrogens is 4. The Kier molecular flexibility index (Phi) is 2.32. The van der Waals surface area contributed by atoms with Crippen molar-refractivity contribution in [2.45, 2.75) is 0 Å². The Bertz CT molecular complexity index is 958. The number of fused-ring (bicyclic) bond motifs is 3. The topological polar surface area (TPSA) is 106 Å². The van der Waals surface area contributed by atoms with E-state index < -0.39 is 0 Å². The first kappa shape index (κ1) is 11.7. The minimum absolute atomic E-state index is 0.291. The number of nitrogens with two attached hydrogens (primary N) is 2. The lowest BCUT2D eigenvalue weighted by Gasteiger charge is -2.09. The third-order valence-electron chi connectivity index (χ3n) is 3.53. The van der Waals surface area contributed by atoms with Gasteiger partial charge in [-0.05, 0) is 29.8 Å². The van der Waals surface area contributed by atoms with Crippen LogP contribution in [0.5, 0.6) is 0 Å². The average molecular weight is 276 g/mol. The van der Waals surface area contributed by atoms with E-state index >= 15 is 0 Å². The molecule has 0 aliphatic heterocycles. The molecule has 5 N–H and O–H groups in total. The minimum atomic E-state index is 0.291. The zero-order valence-corrected chi connectivity index (χ0v) is 11.0. The predicted octanol–water partition coefficient (Wildman–Crippen LogP) is 2.34. The third kappa shape index (κ3) is 1.69. The van der Waals surface area contributed by atoms with E-state index in [1.54, 1.807) is 18.6 Å². The molecule has 1 aromatic carbocycles. The summed E-state index contributed by atoms with van der Waals surface area (Å²) in [5.74, 6) is 0.695. The highest BCUT2D eigenvalue weighted by Gasteiger charge is 2.13. The number of nitrogen functional groups attached to an aromatic ring is 2. The van der Waals surface area contributed by atoms with Crippen LogP contribution in [0.3, 0.4) is 0 Å². The molecule has 102 valence electrons. The van der Waals surface area contributed by atoms with Crippen molar-refractivity contribution in [3.8, 4) is 11.1 Å². The van der Waals surface area contributed by atoms with Crippen LogP contribution in [-0.4, -0.2) is 19.9 Å². The van der Waals surface area contributed by atoms with Gasteiger partial charge in [-0.15, -0.1) is 0 Å². The Morgan fingerprint density at radius 1 is 1.00 bits per heavy atom. The van der Waals surface area contributed by atoms with E-state index in [9.17, 15) is 0 Å². The second-order valence-corrected chi connectivity index (χ2v) is 4.80. The molecule has 0 aliphatic rings. The van der Waals surface area contributed by atoms with E-state index in [2.05, 4.69) is 19.9 Å². The number of aromatic amines is 1. The van der Waals surface area contributed by atoms with Crippen LogP contribution in [0.1, 0.15) is 0 Å². The van der Waals surface area contributed by atoms with Crippen LogP contribution in [0.25, 0.3) is 32.9 Å². The fourth-order valence-electron chi connectivity index (χ4n) is 2.66. The summed E-state index contributed by atoms with van der Waals surface area (Å²) in [5.41, 5.74) is 15.6. The summed E-state index contributed by atoms with van der Waals surface area (Å²) in [6, 6.07) is 7.82. The van der Waals surface area contributed by atoms with Gasteiger partial charge in [-0.3, -0.25) is 9.97 Å². The van der Waals surface area contributed by atoms with Crippen LogP contribution in [0.15, 0.2) is 42.9 Å². The molecule has 0 unspecified atom stereocenters. The fraction of sp³-hybridized carbons (Fsp3) is 0. The van der Waals surface area contributed by atoms with Gasteiger partial charge in [0, 0.05) is 34.9 Å². The van der Waals surface area contributed by atoms with Crippen LogP contribution < -0.4 is 11.5 Å². The van der Waals surface area contributed by atoms with Gasteiger partial charge in [0.25, 0.3) is 0 Å². The van der Waals surface area contributed by atoms with Gasteiger partial charge in [0.1, 0.15) is 5.82 Å². The van der Waals surface area contributed by atoms with Crippen molar-refractivity contribution in [3.05, 3.63) is 42.9 Å². The summed E-state index contributed by atoms with van der Waals surface area (Å²) < 4.78 is 0. The maximum Gasteiger partial charge on any atom is 0.199 e. The number of anilines is 2. The maximum absolute atomic E-state index is 6.02. The minimum Gasteiger partial charge on any atom is -0.383 e. The van der Waals surface area contributed by atoms with Gasteiger partial charge in [0.2, 0.25) is 0 Å². The van der Waals surface area contributed by atoms with Gasteiger partial charge in [0.15, 0.2) is 5.95 Å². The Labute approximate surface area is 119 Å². The van der Waals surface area contributed by atoms with Crippen molar-refractivity contribution in [1.82, 2.24) is 19.9 Å². The molecule has 0 bridgehead atoms. The van der Waals surface area contributed by atoms with Crippen molar-refractivity contribution in [1.29, 1.82) is 0 Å². The number of rotatable bonds is 1. The number of nitrogens with zero attached hydrogens (tertiary/aromatic N) is 3. The molecule has 3 aromatic heterocycles. The molecular formula is C15H12N6. The van der Waals surface area contributed by atoms with Gasteiger partial charge in [-0.2, -0.15) is 4.98 Å². The first-order valence-corrected chi connectivity index (χ1v) is 6.47. The van der Waals surface area contributed by atoms with Crippen molar-refractivity contribution in [2.24, 2.45) is 0 Å². The van der Waals surface area contributed by atoms with Gasteiger partial charge >= 0.3 is 0 Å². The number of H-pyrrole nitrogens is 1. The monoisotopic (exact) mass is 276 g/mol. The SMILES string of the molecule is Nc1nc(N)c2c(cc(-c3ccncc3)c3nccc32)[nH]1. The molecule has 6 heteroatoms. The molecular weight excluding hydrogens is 264 g/mol. The van der Waals surface area contributed by atoms with Gasteiger partial charge < -0.3 is 16.5 Å².